The fourth-order valence-corrected chi connectivity index (χ4v) is 1.19. The molecular weight excluding hydrogens is 174 g/mol. The van der Waals surface area contributed by atoms with Crippen LogP contribution in [0.2, 0.25) is 0 Å². The maximum atomic E-state index is 12.1. The SMILES string of the molecule is CNC(CC(F)F)c1ccncc1. The lowest BCUT2D eigenvalue weighted by Crippen LogP contribution is -2.18. The van der Waals surface area contributed by atoms with Gasteiger partial charge in [0.25, 0.3) is 0 Å². The first kappa shape index (κ1) is 10.1. The molecule has 0 fully saturated rings. The molecule has 13 heavy (non-hydrogen) atoms. The van der Waals surface area contributed by atoms with Crippen molar-refractivity contribution in [3.63, 3.8) is 0 Å². The summed E-state index contributed by atoms with van der Waals surface area (Å²) in [6, 6.07) is 3.19. The van der Waals surface area contributed by atoms with E-state index in [1.165, 1.54) is 0 Å². The normalized spacial score (nSPS) is 13.2. The molecule has 4 heteroatoms. The van der Waals surface area contributed by atoms with Crippen LogP contribution in [0.4, 0.5) is 8.78 Å². The van der Waals surface area contributed by atoms with Crippen molar-refractivity contribution in [2.45, 2.75) is 18.9 Å². The van der Waals surface area contributed by atoms with Crippen LogP contribution in [0, 0.1) is 0 Å². The predicted octanol–water partition coefficient (Wildman–Crippen LogP) is 2.00. The minimum Gasteiger partial charge on any atom is -0.313 e. The molecule has 0 radical (unpaired) electrons. The van der Waals surface area contributed by atoms with Crippen LogP contribution in [0.15, 0.2) is 24.5 Å². The van der Waals surface area contributed by atoms with E-state index in [-0.39, 0.29) is 12.5 Å². The highest BCUT2D eigenvalue weighted by Gasteiger charge is 2.14. The molecule has 1 aromatic heterocycles. The summed E-state index contributed by atoms with van der Waals surface area (Å²) < 4.78 is 24.2. The summed E-state index contributed by atoms with van der Waals surface area (Å²) >= 11 is 0. The minimum atomic E-state index is -2.29. The van der Waals surface area contributed by atoms with Crippen LogP contribution in [0.1, 0.15) is 18.0 Å². The smallest absolute Gasteiger partial charge is 0.240 e. The summed E-state index contributed by atoms with van der Waals surface area (Å²) in [7, 11) is 1.67. The van der Waals surface area contributed by atoms with Crippen LogP contribution in [0.25, 0.3) is 0 Å². The highest BCUT2D eigenvalue weighted by atomic mass is 19.3. The van der Waals surface area contributed by atoms with E-state index >= 15 is 0 Å². The molecule has 0 saturated carbocycles. The zero-order valence-electron chi connectivity index (χ0n) is 7.37. The molecular formula is C9H12F2N2. The molecule has 0 aliphatic heterocycles. The van der Waals surface area contributed by atoms with E-state index in [2.05, 4.69) is 10.3 Å². The van der Waals surface area contributed by atoms with Crippen LogP contribution in [0.3, 0.4) is 0 Å². The van der Waals surface area contributed by atoms with Crippen molar-refractivity contribution in [3.8, 4) is 0 Å². The zero-order chi connectivity index (χ0) is 9.68. The molecule has 0 aliphatic rings. The molecule has 0 spiro atoms. The Labute approximate surface area is 76.0 Å². The lowest BCUT2D eigenvalue weighted by atomic mass is 10.1. The first-order chi connectivity index (χ1) is 6.24. The largest absolute Gasteiger partial charge is 0.313 e. The quantitative estimate of drug-likeness (QED) is 0.777. The lowest BCUT2D eigenvalue weighted by Gasteiger charge is -2.15. The number of pyridine rings is 1. The number of hydrogen-bond donors (Lipinski definition) is 1. The zero-order valence-corrected chi connectivity index (χ0v) is 7.37. The maximum Gasteiger partial charge on any atom is 0.240 e. The summed E-state index contributed by atoms with van der Waals surface area (Å²) in [5, 5.41) is 2.84. The third-order valence-electron chi connectivity index (χ3n) is 1.87. The molecule has 0 aromatic carbocycles. The summed E-state index contributed by atoms with van der Waals surface area (Å²) in [5.41, 5.74) is 0.845. The molecule has 1 rings (SSSR count). The van der Waals surface area contributed by atoms with Gasteiger partial charge in [-0.1, -0.05) is 0 Å². The Balaban J connectivity index is 2.67. The van der Waals surface area contributed by atoms with Gasteiger partial charge in [0.15, 0.2) is 0 Å². The predicted molar refractivity (Wildman–Crippen MR) is 46.7 cm³/mol. The van der Waals surface area contributed by atoms with Crippen molar-refractivity contribution in [1.82, 2.24) is 10.3 Å². The molecule has 72 valence electrons. The minimum absolute atomic E-state index is 0.166. The third-order valence-corrected chi connectivity index (χ3v) is 1.87. The van der Waals surface area contributed by atoms with E-state index in [9.17, 15) is 8.78 Å². The molecule has 1 atom stereocenters. The monoisotopic (exact) mass is 186 g/mol. The Bertz CT molecular complexity index is 239. The average molecular weight is 186 g/mol. The van der Waals surface area contributed by atoms with Gasteiger partial charge in [-0.05, 0) is 24.7 Å². The van der Waals surface area contributed by atoms with E-state index in [0.29, 0.717) is 0 Å². The number of halogens is 2. The molecule has 0 amide bonds. The highest BCUT2D eigenvalue weighted by molar-refractivity contribution is 5.14. The van der Waals surface area contributed by atoms with Crippen LogP contribution in [-0.4, -0.2) is 18.5 Å². The van der Waals surface area contributed by atoms with Gasteiger partial charge in [-0.25, -0.2) is 8.78 Å². The number of aromatic nitrogens is 1. The van der Waals surface area contributed by atoms with Crippen molar-refractivity contribution in [3.05, 3.63) is 30.1 Å². The van der Waals surface area contributed by atoms with Gasteiger partial charge in [0, 0.05) is 24.9 Å². The summed E-state index contributed by atoms with van der Waals surface area (Å²) in [6.45, 7) is 0. The Hall–Kier alpha value is -1.03. The van der Waals surface area contributed by atoms with Gasteiger partial charge in [0.1, 0.15) is 0 Å². The number of rotatable bonds is 4. The fraction of sp³-hybridized carbons (Fsp3) is 0.444. The molecule has 1 unspecified atom stereocenters. The van der Waals surface area contributed by atoms with Crippen LogP contribution < -0.4 is 5.32 Å². The molecule has 1 aromatic rings. The van der Waals surface area contributed by atoms with Gasteiger partial charge in [-0.2, -0.15) is 0 Å². The Morgan fingerprint density at radius 1 is 1.38 bits per heavy atom. The van der Waals surface area contributed by atoms with Gasteiger partial charge >= 0.3 is 0 Å². The molecule has 0 aliphatic carbocycles. The molecule has 2 nitrogen and oxygen atoms in total. The van der Waals surface area contributed by atoms with Crippen molar-refractivity contribution in [2.24, 2.45) is 0 Å². The van der Waals surface area contributed by atoms with E-state index in [0.717, 1.165) is 5.56 Å². The topological polar surface area (TPSA) is 24.9 Å². The molecule has 1 heterocycles. The molecule has 0 bridgehead atoms. The summed E-state index contributed by atoms with van der Waals surface area (Å²) in [4.78, 5) is 3.83. The second-order valence-corrected chi connectivity index (χ2v) is 2.75. The number of nitrogens with zero attached hydrogens (tertiary/aromatic N) is 1. The number of alkyl halides is 2. The fourth-order valence-electron chi connectivity index (χ4n) is 1.19. The summed E-state index contributed by atoms with van der Waals surface area (Å²) in [5.74, 6) is 0. The van der Waals surface area contributed by atoms with E-state index in [4.69, 9.17) is 0 Å². The first-order valence-electron chi connectivity index (χ1n) is 4.09. The van der Waals surface area contributed by atoms with Crippen molar-refractivity contribution >= 4 is 0 Å². The van der Waals surface area contributed by atoms with Gasteiger partial charge in [-0.15, -0.1) is 0 Å². The van der Waals surface area contributed by atoms with Crippen LogP contribution in [0.5, 0.6) is 0 Å². The van der Waals surface area contributed by atoms with Gasteiger partial charge < -0.3 is 5.32 Å². The maximum absolute atomic E-state index is 12.1. The third kappa shape index (κ3) is 3.06. The van der Waals surface area contributed by atoms with E-state index in [1.54, 1.807) is 31.6 Å². The Kier molecular flexibility index (Phi) is 3.76. The first-order valence-corrected chi connectivity index (χ1v) is 4.09. The van der Waals surface area contributed by atoms with Crippen molar-refractivity contribution in [1.29, 1.82) is 0 Å². The lowest BCUT2D eigenvalue weighted by molar-refractivity contribution is 0.123. The van der Waals surface area contributed by atoms with Crippen LogP contribution >= 0.6 is 0 Å². The standard InChI is InChI=1S/C9H12F2N2/c1-12-8(6-9(10)11)7-2-4-13-5-3-7/h2-5,8-9,12H,6H2,1H3. The number of hydrogen-bond acceptors (Lipinski definition) is 2. The summed E-state index contributed by atoms with van der Waals surface area (Å²) in [6.07, 6.45) is 0.752. The van der Waals surface area contributed by atoms with Crippen molar-refractivity contribution < 1.29 is 8.78 Å². The Morgan fingerprint density at radius 2 is 2.00 bits per heavy atom. The Morgan fingerprint density at radius 3 is 2.46 bits per heavy atom. The second kappa shape index (κ2) is 4.87. The number of nitrogens with one attached hydrogen (secondary N) is 1. The molecule has 1 N–H and O–H groups in total. The highest BCUT2D eigenvalue weighted by Crippen LogP contribution is 2.18. The van der Waals surface area contributed by atoms with Gasteiger partial charge in [-0.3, -0.25) is 4.98 Å². The average Bonchev–Trinajstić information content (AvgIpc) is 2.15. The van der Waals surface area contributed by atoms with Gasteiger partial charge in [0.05, 0.1) is 0 Å². The van der Waals surface area contributed by atoms with Crippen molar-refractivity contribution in [2.75, 3.05) is 7.05 Å². The molecule has 0 saturated heterocycles. The van der Waals surface area contributed by atoms with E-state index in [1.807, 2.05) is 0 Å². The second-order valence-electron chi connectivity index (χ2n) is 2.75. The van der Waals surface area contributed by atoms with Gasteiger partial charge in [0.2, 0.25) is 6.43 Å². The van der Waals surface area contributed by atoms with E-state index < -0.39 is 6.43 Å². The van der Waals surface area contributed by atoms with Crippen LogP contribution in [-0.2, 0) is 0 Å².